The lowest BCUT2D eigenvalue weighted by Crippen LogP contribution is -2.57. The fraction of sp³-hybridized carbons (Fsp3) is 0.500. The molecule has 2 bridgehead atoms. The molecule has 3 aliphatic rings. The van der Waals surface area contributed by atoms with Crippen molar-refractivity contribution in [1.82, 2.24) is 10.2 Å². The molecule has 3 heterocycles. The fourth-order valence-corrected chi connectivity index (χ4v) is 3.16. The first-order chi connectivity index (χ1) is 9.13. The van der Waals surface area contributed by atoms with Crippen LogP contribution in [0.25, 0.3) is 0 Å². The number of piperidine rings is 3. The molecule has 1 amide bonds. The molecule has 1 atom stereocenters. The summed E-state index contributed by atoms with van der Waals surface area (Å²) >= 11 is 0. The molecule has 1 unspecified atom stereocenters. The van der Waals surface area contributed by atoms with E-state index in [2.05, 4.69) is 10.2 Å². The Morgan fingerprint density at radius 3 is 2.58 bits per heavy atom. The molecule has 1 aromatic carbocycles. The van der Waals surface area contributed by atoms with Gasteiger partial charge >= 0.3 is 0 Å². The lowest BCUT2D eigenvalue weighted by Gasteiger charge is -2.44. The predicted molar refractivity (Wildman–Crippen MR) is 75.7 cm³/mol. The highest BCUT2D eigenvalue weighted by molar-refractivity contribution is 5.99. The van der Waals surface area contributed by atoms with Gasteiger partial charge in [0.1, 0.15) is 0 Å². The molecular formula is C14H20N4O. The minimum absolute atomic E-state index is 0.0868. The van der Waals surface area contributed by atoms with Crippen molar-refractivity contribution < 1.29 is 4.79 Å². The van der Waals surface area contributed by atoms with Crippen LogP contribution < -0.4 is 16.8 Å². The van der Waals surface area contributed by atoms with E-state index in [4.69, 9.17) is 11.5 Å². The van der Waals surface area contributed by atoms with E-state index in [1.807, 2.05) is 0 Å². The number of carbonyl (C=O) groups excluding carboxylic acids is 1. The van der Waals surface area contributed by atoms with Gasteiger partial charge in [0.25, 0.3) is 5.91 Å². The third-order valence-corrected chi connectivity index (χ3v) is 4.29. The van der Waals surface area contributed by atoms with Gasteiger partial charge in [0.2, 0.25) is 0 Å². The SMILES string of the molecule is Nc1ccc(C(=O)NC2CN3CCC2CC3)c(N)c1. The highest BCUT2D eigenvalue weighted by atomic mass is 16.1. The number of nitrogen functional groups attached to an aromatic ring is 2. The van der Waals surface area contributed by atoms with Gasteiger partial charge in [0.05, 0.1) is 5.56 Å². The molecule has 4 rings (SSSR count). The number of rotatable bonds is 2. The Kier molecular flexibility index (Phi) is 3.06. The zero-order chi connectivity index (χ0) is 13.4. The number of nitrogens with zero attached hydrogens (tertiary/aromatic N) is 1. The molecule has 0 radical (unpaired) electrons. The van der Waals surface area contributed by atoms with Crippen LogP contribution in [0.4, 0.5) is 11.4 Å². The summed E-state index contributed by atoms with van der Waals surface area (Å²) in [7, 11) is 0. The van der Waals surface area contributed by atoms with Gasteiger partial charge < -0.3 is 21.7 Å². The first-order valence-electron chi connectivity index (χ1n) is 6.81. The maximum absolute atomic E-state index is 12.3. The highest BCUT2D eigenvalue weighted by Gasteiger charge is 2.35. The second-order valence-electron chi connectivity index (χ2n) is 5.56. The molecule has 0 saturated carbocycles. The third-order valence-electron chi connectivity index (χ3n) is 4.29. The van der Waals surface area contributed by atoms with E-state index in [1.165, 1.54) is 25.9 Å². The van der Waals surface area contributed by atoms with Crippen molar-refractivity contribution in [3.63, 3.8) is 0 Å². The monoisotopic (exact) mass is 260 g/mol. The normalized spacial score (nSPS) is 29.2. The number of hydrogen-bond donors (Lipinski definition) is 3. The van der Waals surface area contributed by atoms with Crippen molar-refractivity contribution in [3.05, 3.63) is 23.8 Å². The second kappa shape index (κ2) is 4.74. The highest BCUT2D eigenvalue weighted by Crippen LogP contribution is 2.28. The molecule has 0 spiro atoms. The Morgan fingerprint density at radius 2 is 2.00 bits per heavy atom. The average molecular weight is 260 g/mol. The molecule has 1 aromatic rings. The molecule has 5 heteroatoms. The van der Waals surface area contributed by atoms with Crippen molar-refractivity contribution in [2.24, 2.45) is 5.92 Å². The van der Waals surface area contributed by atoms with Gasteiger partial charge in [-0.2, -0.15) is 0 Å². The molecule has 3 fully saturated rings. The number of nitrogens with one attached hydrogen (secondary N) is 1. The van der Waals surface area contributed by atoms with Gasteiger partial charge in [-0.1, -0.05) is 0 Å². The molecule has 19 heavy (non-hydrogen) atoms. The van der Waals surface area contributed by atoms with E-state index in [-0.39, 0.29) is 11.9 Å². The van der Waals surface area contributed by atoms with Gasteiger partial charge in [-0.25, -0.2) is 0 Å². The predicted octanol–water partition coefficient (Wildman–Crippen LogP) is 0.675. The Morgan fingerprint density at radius 1 is 1.26 bits per heavy atom. The van der Waals surface area contributed by atoms with E-state index in [0.717, 1.165) is 6.54 Å². The summed E-state index contributed by atoms with van der Waals surface area (Å²) in [6, 6.07) is 5.29. The molecule has 102 valence electrons. The Hall–Kier alpha value is -1.75. The fourth-order valence-electron chi connectivity index (χ4n) is 3.16. The molecule has 0 aromatic heterocycles. The smallest absolute Gasteiger partial charge is 0.253 e. The van der Waals surface area contributed by atoms with E-state index in [0.29, 0.717) is 22.9 Å². The van der Waals surface area contributed by atoms with E-state index >= 15 is 0 Å². The summed E-state index contributed by atoms with van der Waals surface area (Å²) < 4.78 is 0. The number of carbonyl (C=O) groups is 1. The summed E-state index contributed by atoms with van der Waals surface area (Å²) in [5.74, 6) is 0.528. The second-order valence-corrected chi connectivity index (χ2v) is 5.56. The largest absolute Gasteiger partial charge is 0.399 e. The van der Waals surface area contributed by atoms with Crippen molar-refractivity contribution in [2.45, 2.75) is 18.9 Å². The van der Waals surface area contributed by atoms with Crippen LogP contribution in [0.3, 0.4) is 0 Å². The topological polar surface area (TPSA) is 84.4 Å². The number of fused-ring (bicyclic) bond motifs is 3. The number of anilines is 2. The Bertz CT molecular complexity index is 494. The van der Waals surface area contributed by atoms with Gasteiger partial charge in [-0.3, -0.25) is 4.79 Å². The number of amides is 1. The van der Waals surface area contributed by atoms with E-state index < -0.39 is 0 Å². The minimum Gasteiger partial charge on any atom is -0.399 e. The molecule has 5 nitrogen and oxygen atoms in total. The molecule has 0 aliphatic carbocycles. The van der Waals surface area contributed by atoms with E-state index in [1.54, 1.807) is 18.2 Å². The molecular weight excluding hydrogens is 240 g/mol. The van der Waals surface area contributed by atoms with Crippen molar-refractivity contribution >= 4 is 17.3 Å². The van der Waals surface area contributed by atoms with Crippen LogP contribution in [-0.2, 0) is 0 Å². The van der Waals surface area contributed by atoms with Gasteiger partial charge in [0, 0.05) is 24.0 Å². The van der Waals surface area contributed by atoms with Crippen LogP contribution in [-0.4, -0.2) is 36.5 Å². The first kappa shape index (κ1) is 12.3. The maximum atomic E-state index is 12.3. The van der Waals surface area contributed by atoms with Crippen molar-refractivity contribution in [1.29, 1.82) is 0 Å². The van der Waals surface area contributed by atoms with Crippen LogP contribution in [0, 0.1) is 5.92 Å². The molecule has 3 aliphatic heterocycles. The lowest BCUT2D eigenvalue weighted by molar-refractivity contribution is 0.0621. The lowest BCUT2D eigenvalue weighted by atomic mass is 9.84. The molecule has 5 N–H and O–H groups in total. The molecule has 3 saturated heterocycles. The Balaban J connectivity index is 1.71. The Labute approximate surface area is 112 Å². The third kappa shape index (κ3) is 2.38. The number of nitrogens with two attached hydrogens (primary N) is 2. The zero-order valence-corrected chi connectivity index (χ0v) is 10.9. The van der Waals surface area contributed by atoms with Crippen molar-refractivity contribution in [2.75, 3.05) is 31.1 Å². The number of hydrogen-bond acceptors (Lipinski definition) is 4. The summed E-state index contributed by atoms with van der Waals surface area (Å²) in [4.78, 5) is 14.7. The zero-order valence-electron chi connectivity index (χ0n) is 10.9. The maximum Gasteiger partial charge on any atom is 0.253 e. The van der Waals surface area contributed by atoms with Crippen LogP contribution in [0.1, 0.15) is 23.2 Å². The summed E-state index contributed by atoms with van der Waals surface area (Å²) in [5, 5.41) is 3.13. The van der Waals surface area contributed by atoms with Gasteiger partial charge in [-0.15, -0.1) is 0 Å². The average Bonchev–Trinajstić information content (AvgIpc) is 2.39. The van der Waals surface area contributed by atoms with Gasteiger partial charge in [0.15, 0.2) is 0 Å². The first-order valence-corrected chi connectivity index (χ1v) is 6.81. The standard InChI is InChI=1S/C14H20N4O/c15-10-1-2-11(12(16)7-10)14(19)17-13-8-18-5-3-9(13)4-6-18/h1-2,7,9,13H,3-6,8,15-16H2,(H,17,19). The van der Waals surface area contributed by atoms with Crippen LogP contribution in [0.15, 0.2) is 18.2 Å². The van der Waals surface area contributed by atoms with Crippen LogP contribution in [0.2, 0.25) is 0 Å². The summed E-state index contributed by atoms with van der Waals surface area (Å²) in [6.45, 7) is 3.30. The van der Waals surface area contributed by atoms with Crippen molar-refractivity contribution in [3.8, 4) is 0 Å². The van der Waals surface area contributed by atoms with E-state index in [9.17, 15) is 4.79 Å². The van der Waals surface area contributed by atoms with Crippen LogP contribution >= 0.6 is 0 Å². The number of benzene rings is 1. The quantitative estimate of drug-likeness (QED) is 0.683. The summed E-state index contributed by atoms with van der Waals surface area (Å²) in [5.41, 5.74) is 13.0. The summed E-state index contributed by atoms with van der Waals surface area (Å²) in [6.07, 6.45) is 2.37. The van der Waals surface area contributed by atoms with Gasteiger partial charge in [-0.05, 0) is 50.0 Å². The van der Waals surface area contributed by atoms with Crippen LogP contribution in [0.5, 0.6) is 0 Å². The minimum atomic E-state index is -0.0868.